The number of aromatic nitrogens is 2. The quantitative estimate of drug-likeness (QED) is 0.840. The van der Waals surface area contributed by atoms with Crippen LogP contribution in [-0.2, 0) is 6.54 Å². The van der Waals surface area contributed by atoms with Crippen molar-refractivity contribution in [3.63, 3.8) is 0 Å². The van der Waals surface area contributed by atoms with Gasteiger partial charge in [0.25, 0.3) is 5.91 Å². The number of nitrogens with two attached hydrogens (primary N) is 1. The van der Waals surface area contributed by atoms with E-state index in [0.29, 0.717) is 24.3 Å². The van der Waals surface area contributed by atoms with E-state index in [4.69, 9.17) is 5.73 Å². The highest BCUT2D eigenvalue weighted by molar-refractivity contribution is 7.12. The standard InChI is InChI=1S/C15H16N4OS/c1-10-8-14(11(2)19-18-10)15(20)17-9-13-6-5-12(21-13)4-3-7-16/h5-6,8H,7,9,16H2,1-2H3,(H,17,20). The summed E-state index contributed by atoms with van der Waals surface area (Å²) >= 11 is 1.55. The first kappa shape index (κ1) is 15.2. The second-order valence-electron chi connectivity index (χ2n) is 4.44. The molecule has 0 radical (unpaired) electrons. The summed E-state index contributed by atoms with van der Waals surface area (Å²) in [5, 5.41) is 10.8. The van der Waals surface area contributed by atoms with E-state index in [1.807, 2.05) is 19.1 Å². The van der Waals surface area contributed by atoms with Gasteiger partial charge in [-0.05, 0) is 32.0 Å². The summed E-state index contributed by atoms with van der Waals surface area (Å²) in [5.74, 6) is 5.64. The van der Waals surface area contributed by atoms with Crippen LogP contribution in [0.15, 0.2) is 18.2 Å². The van der Waals surface area contributed by atoms with Crippen molar-refractivity contribution in [2.24, 2.45) is 5.73 Å². The first-order valence-electron chi connectivity index (χ1n) is 6.47. The van der Waals surface area contributed by atoms with Crippen molar-refractivity contribution in [2.45, 2.75) is 20.4 Å². The monoisotopic (exact) mass is 300 g/mol. The Kier molecular flexibility index (Phi) is 5.04. The topological polar surface area (TPSA) is 80.9 Å². The molecule has 0 unspecified atom stereocenters. The van der Waals surface area contributed by atoms with Gasteiger partial charge in [0.1, 0.15) is 0 Å². The Bertz CT molecular complexity index is 712. The van der Waals surface area contributed by atoms with Gasteiger partial charge in [0.05, 0.1) is 34.9 Å². The van der Waals surface area contributed by atoms with Gasteiger partial charge in [0.2, 0.25) is 0 Å². The van der Waals surface area contributed by atoms with Gasteiger partial charge in [-0.1, -0.05) is 11.8 Å². The van der Waals surface area contributed by atoms with Gasteiger partial charge in [-0.3, -0.25) is 4.79 Å². The molecule has 21 heavy (non-hydrogen) atoms. The Balaban J connectivity index is 2.01. The number of hydrogen-bond donors (Lipinski definition) is 2. The maximum absolute atomic E-state index is 12.2. The Labute approximate surface area is 127 Å². The third kappa shape index (κ3) is 4.12. The molecular formula is C15H16N4OS. The fourth-order valence-corrected chi connectivity index (χ4v) is 2.54. The molecule has 0 spiro atoms. The van der Waals surface area contributed by atoms with Crippen LogP contribution in [0.1, 0.15) is 31.5 Å². The summed E-state index contributed by atoms with van der Waals surface area (Å²) in [6, 6.07) is 5.62. The molecule has 2 rings (SSSR count). The highest BCUT2D eigenvalue weighted by Crippen LogP contribution is 2.15. The van der Waals surface area contributed by atoms with Crippen LogP contribution in [0.25, 0.3) is 0 Å². The summed E-state index contributed by atoms with van der Waals surface area (Å²) < 4.78 is 0. The van der Waals surface area contributed by atoms with Gasteiger partial charge in [0, 0.05) is 4.88 Å². The van der Waals surface area contributed by atoms with Crippen LogP contribution in [0.4, 0.5) is 0 Å². The lowest BCUT2D eigenvalue weighted by atomic mass is 10.2. The van der Waals surface area contributed by atoms with Crippen molar-refractivity contribution in [2.75, 3.05) is 6.54 Å². The molecule has 6 heteroatoms. The fourth-order valence-electron chi connectivity index (χ4n) is 1.72. The van der Waals surface area contributed by atoms with Crippen LogP contribution in [-0.4, -0.2) is 22.6 Å². The number of rotatable bonds is 3. The number of nitrogens with one attached hydrogen (secondary N) is 1. The van der Waals surface area contributed by atoms with E-state index in [0.717, 1.165) is 15.4 Å². The first-order chi connectivity index (χ1) is 10.1. The summed E-state index contributed by atoms with van der Waals surface area (Å²) in [7, 11) is 0. The maximum Gasteiger partial charge on any atom is 0.253 e. The normalized spacial score (nSPS) is 9.86. The number of nitrogens with zero attached hydrogens (tertiary/aromatic N) is 2. The highest BCUT2D eigenvalue weighted by Gasteiger charge is 2.11. The van der Waals surface area contributed by atoms with E-state index in [9.17, 15) is 4.79 Å². The average molecular weight is 300 g/mol. The Hall–Kier alpha value is -2.23. The fraction of sp³-hybridized carbons (Fsp3) is 0.267. The molecular weight excluding hydrogens is 284 g/mol. The Morgan fingerprint density at radius 3 is 2.95 bits per heavy atom. The van der Waals surface area contributed by atoms with Gasteiger partial charge < -0.3 is 11.1 Å². The van der Waals surface area contributed by atoms with E-state index in [-0.39, 0.29) is 5.91 Å². The largest absolute Gasteiger partial charge is 0.347 e. The summed E-state index contributed by atoms with van der Waals surface area (Å²) in [6.45, 7) is 4.39. The van der Waals surface area contributed by atoms with Gasteiger partial charge in [-0.2, -0.15) is 10.2 Å². The molecule has 1 amide bonds. The number of amides is 1. The van der Waals surface area contributed by atoms with Crippen molar-refractivity contribution in [3.8, 4) is 11.8 Å². The van der Waals surface area contributed by atoms with Crippen LogP contribution in [0.3, 0.4) is 0 Å². The maximum atomic E-state index is 12.2. The number of carbonyl (C=O) groups is 1. The smallest absolute Gasteiger partial charge is 0.253 e. The van der Waals surface area contributed by atoms with Crippen LogP contribution < -0.4 is 11.1 Å². The SMILES string of the molecule is Cc1cc(C(=O)NCc2ccc(C#CCN)s2)c(C)nn1. The van der Waals surface area contributed by atoms with E-state index < -0.39 is 0 Å². The molecule has 2 aromatic rings. The van der Waals surface area contributed by atoms with E-state index >= 15 is 0 Å². The van der Waals surface area contributed by atoms with Crippen molar-refractivity contribution in [1.29, 1.82) is 0 Å². The van der Waals surface area contributed by atoms with Crippen LogP contribution in [0, 0.1) is 25.7 Å². The highest BCUT2D eigenvalue weighted by atomic mass is 32.1. The molecule has 108 valence electrons. The second-order valence-corrected chi connectivity index (χ2v) is 5.61. The third-order valence-electron chi connectivity index (χ3n) is 2.74. The minimum Gasteiger partial charge on any atom is -0.347 e. The van der Waals surface area contributed by atoms with Crippen LogP contribution >= 0.6 is 11.3 Å². The lowest BCUT2D eigenvalue weighted by molar-refractivity contribution is 0.0950. The minimum atomic E-state index is -0.145. The number of aryl methyl sites for hydroxylation is 2. The lowest BCUT2D eigenvalue weighted by Crippen LogP contribution is -2.23. The third-order valence-corrected chi connectivity index (χ3v) is 3.74. The summed E-state index contributed by atoms with van der Waals surface area (Å²) in [4.78, 5) is 14.1. The summed E-state index contributed by atoms with van der Waals surface area (Å²) in [6.07, 6.45) is 0. The van der Waals surface area contributed by atoms with Crippen molar-refractivity contribution >= 4 is 17.2 Å². The predicted molar refractivity (Wildman–Crippen MR) is 82.9 cm³/mol. The predicted octanol–water partition coefficient (Wildman–Crippen LogP) is 1.40. The zero-order chi connectivity index (χ0) is 15.2. The average Bonchev–Trinajstić information content (AvgIpc) is 2.93. The zero-order valence-electron chi connectivity index (χ0n) is 11.9. The van der Waals surface area contributed by atoms with Gasteiger partial charge in [-0.15, -0.1) is 11.3 Å². The van der Waals surface area contributed by atoms with Crippen LogP contribution in [0.5, 0.6) is 0 Å². The van der Waals surface area contributed by atoms with Crippen molar-refractivity contribution < 1.29 is 4.79 Å². The van der Waals surface area contributed by atoms with Crippen molar-refractivity contribution in [3.05, 3.63) is 44.9 Å². The molecule has 2 aromatic heterocycles. The van der Waals surface area contributed by atoms with Crippen molar-refractivity contribution in [1.82, 2.24) is 15.5 Å². The minimum absolute atomic E-state index is 0.145. The van der Waals surface area contributed by atoms with Gasteiger partial charge >= 0.3 is 0 Å². The zero-order valence-corrected chi connectivity index (χ0v) is 12.8. The lowest BCUT2D eigenvalue weighted by Gasteiger charge is -2.06. The van der Waals surface area contributed by atoms with E-state index in [2.05, 4.69) is 27.4 Å². The molecule has 3 N–H and O–H groups in total. The molecule has 0 aliphatic rings. The molecule has 0 saturated carbocycles. The van der Waals surface area contributed by atoms with Gasteiger partial charge in [-0.25, -0.2) is 0 Å². The molecule has 5 nitrogen and oxygen atoms in total. The molecule has 0 fully saturated rings. The summed E-state index contributed by atoms with van der Waals surface area (Å²) in [5.41, 5.74) is 7.24. The molecule has 0 aliphatic heterocycles. The Morgan fingerprint density at radius 2 is 2.19 bits per heavy atom. The van der Waals surface area contributed by atoms with Crippen LogP contribution in [0.2, 0.25) is 0 Å². The molecule has 0 bridgehead atoms. The molecule has 0 atom stereocenters. The van der Waals surface area contributed by atoms with E-state index in [1.54, 1.807) is 24.3 Å². The first-order valence-corrected chi connectivity index (χ1v) is 7.28. The number of hydrogen-bond acceptors (Lipinski definition) is 5. The van der Waals surface area contributed by atoms with Gasteiger partial charge in [0.15, 0.2) is 0 Å². The molecule has 0 saturated heterocycles. The number of carbonyl (C=O) groups excluding carboxylic acids is 1. The molecule has 0 aromatic carbocycles. The molecule has 0 aliphatic carbocycles. The van der Waals surface area contributed by atoms with E-state index in [1.165, 1.54) is 0 Å². The number of thiophene rings is 1. The Morgan fingerprint density at radius 1 is 1.38 bits per heavy atom. The molecule has 2 heterocycles. The second kappa shape index (κ2) is 6.97.